The number of sulfonamides is 1. The van der Waals surface area contributed by atoms with Crippen LogP contribution in [0.15, 0.2) is 29.4 Å². The van der Waals surface area contributed by atoms with Crippen LogP contribution < -0.4 is 10.0 Å². The summed E-state index contributed by atoms with van der Waals surface area (Å²) in [6, 6.07) is 5.19. The van der Waals surface area contributed by atoms with Crippen molar-refractivity contribution >= 4 is 10.0 Å². The third kappa shape index (κ3) is 2.58. The van der Waals surface area contributed by atoms with Crippen LogP contribution in [0.4, 0.5) is 0 Å². The lowest BCUT2D eigenvalue weighted by molar-refractivity contribution is 0.578. The Morgan fingerprint density at radius 1 is 1.35 bits per heavy atom. The number of aryl methyl sites for hydroxylation is 1. The highest BCUT2D eigenvalue weighted by Gasteiger charge is 2.18. The molecular weight excluding hydrogens is 278 g/mol. The summed E-state index contributed by atoms with van der Waals surface area (Å²) in [6.07, 6.45) is 1.53. The Kier molecular flexibility index (Phi) is 3.28. The topological polar surface area (TPSA) is 88.9 Å². The van der Waals surface area contributed by atoms with Crippen molar-refractivity contribution < 1.29 is 8.42 Å². The van der Waals surface area contributed by atoms with Crippen LogP contribution in [0.3, 0.4) is 0 Å². The molecule has 106 valence electrons. The Hall–Kier alpha value is -1.77. The van der Waals surface area contributed by atoms with Crippen molar-refractivity contribution in [3.8, 4) is 0 Å². The molecule has 8 heteroatoms. The molecule has 2 N–H and O–H groups in total. The molecule has 2 heterocycles. The standard InChI is InChI=1S/C12H15N5O2S/c1-17-8-14-12(16-17)7-15-20(18,19)11-3-2-9-5-13-6-10(9)4-11/h2-4,8,13,15H,5-7H2,1H3. The summed E-state index contributed by atoms with van der Waals surface area (Å²) in [5.74, 6) is 0.443. The summed E-state index contributed by atoms with van der Waals surface area (Å²) in [6.45, 7) is 1.58. The maximum atomic E-state index is 12.2. The van der Waals surface area contributed by atoms with Gasteiger partial charge in [0.2, 0.25) is 10.0 Å². The molecule has 2 aromatic rings. The smallest absolute Gasteiger partial charge is 0.240 e. The molecule has 0 fully saturated rings. The second kappa shape index (κ2) is 4.97. The molecule has 1 aliphatic rings. The van der Waals surface area contributed by atoms with Crippen LogP contribution >= 0.6 is 0 Å². The van der Waals surface area contributed by atoms with E-state index in [1.165, 1.54) is 11.0 Å². The lowest BCUT2D eigenvalue weighted by Crippen LogP contribution is -2.24. The van der Waals surface area contributed by atoms with Crippen LogP contribution in [-0.4, -0.2) is 23.2 Å². The molecule has 0 saturated heterocycles. The first-order valence-corrected chi connectivity index (χ1v) is 7.69. The Morgan fingerprint density at radius 2 is 2.15 bits per heavy atom. The van der Waals surface area contributed by atoms with Gasteiger partial charge in [0.15, 0.2) is 5.82 Å². The SMILES string of the molecule is Cn1cnc(CNS(=O)(=O)c2ccc3c(c2)CNC3)n1. The highest BCUT2D eigenvalue weighted by atomic mass is 32.2. The fourth-order valence-corrected chi connectivity index (χ4v) is 3.18. The van der Waals surface area contributed by atoms with Crippen molar-refractivity contribution in [3.05, 3.63) is 41.5 Å². The summed E-state index contributed by atoms with van der Waals surface area (Å²) in [7, 11) is -1.80. The fourth-order valence-electron chi connectivity index (χ4n) is 2.15. The van der Waals surface area contributed by atoms with E-state index in [0.717, 1.165) is 17.7 Å². The summed E-state index contributed by atoms with van der Waals surface area (Å²) in [5.41, 5.74) is 2.18. The number of fused-ring (bicyclic) bond motifs is 1. The van der Waals surface area contributed by atoms with Gasteiger partial charge in [-0.2, -0.15) is 5.10 Å². The van der Waals surface area contributed by atoms with Crippen molar-refractivity contribution in [2.24, 2.45) is 7.05 Å². The highest BCUT2D eigenvalue weighted by Crippen LogP contribution is 2.19. The lowest BCUT2D eigenvalue weighted by Gasteiger charge is -2.06. The summed E-state index contributed by atoms with van der Waals surface area (Å²) in [5, 5.41) is 7.22. The van der Waals surface area contributed by atoms with Crippen LogP contribution in [0.1, 0.15) is 17.0 Å². The van der Waals surface area contributed by atoms with Gasteiger partial charge in [0.1, 0.15) is 6.33 Å². The largest absolute Gasteiger partial charge is 0.309 e. The maximum absolute atomic E-state index is 12.2. The Labute approximate surface area is 117 Å². The minimum absolute atomic E-state index is 0.0819. The van der Waals surface area contributed by atoms with Gasteiger partial charge in [-0.1, -0.05) is 6.07 Å². The quantitative estimate of drug-likeness (QED) is 0.821. The van der Waals surface area contributed by atoms with Gasteiger partial charge in [0, 0.05) is 20.1 Å². The van der Waals surface area contributed by atoms with E-state index < -0.39 is 10.0 Å². The summed E-state index contributed by atoms with van der Waals surface area (Å²) in [4.78, 5) is 4.26. The van der Waals surface area contributed by atoms with Crippen LogP contribution in [0, 0.1) is 0 Å². The van der Waals surface area contributed by atoms with E-state index in [4.69, 9.17) is 0 Å². The molecule has 0 bridgehead atoms. The van der Waals surface area contributed by atoms with Crippen molar-refractivity contribution in [1.29, 1.82) is 0 Å². The second-order valence-corrected chi connectivity index (χ2v) is 6.46. The Bertz CT molecular complexity index is 738. The predicted octanol–water partition coefficient (Wildman–Crippen LogP) is -0.103. The third-order valence-corrected chi connectivity index (χ3v) is 4.59. The number of nitrogens with one attached hydrogen (secondary N) is 2. The molecule has 0 atom stereocenters. The highest BCUT2D eigenvalue weighted by molar-refractivity contribution is 7.89. The van der Waals surface area contributed by atoms with Crippen molar-refractivity contribution in [2.45, 2.75) is 24.5 Å². The molecule has 3 rings (SSSR count). The third-order valence-electron chi connectivity index (χ3n) is 3.19. The lowest BCUT2D eigenvalue weighted by atomic mass is 10.1. The molecule has 0 spiro atoms. The normalized spacial score (nSPS) is 14.4. The van der Waals surface area contributed by atoms with E-state index in [2.05, 4.69) is 20.1 Å². The van der Waals surface area contributed by atoms with Gasteiger partial charge in [0.25, 0.3) is 0 Å². The van der Waals surface area contributed by atoms with Gasteiger partial charge < -0.3 is 5.32 Å². The van der Waals surface area contributed by atoms with E-state index in [0.29, 0.717) is 12.4 Å². The first-order valence-electron chi connectivity index (χ1n) is 6.21. The Morgan fingerprint density at radius 3 is 2.90 bits per heavy atom. The summed E-state index contributed by atoms with van der Waals surface area (Å²) >= 11 is 0. The molecule has 7 nitrogen and oxygen atoms in total. The molecular formula is C12H15N5O2S. The molecule has 0 saturated carbocycles. The number of hydrogen-bond acceptors (Lipinski definition) is 5. The van der Waals surface area contributed by atoms with Crippen molar-refractivity contribution in [3.63, 3.8) is 0 Å². The van der Waals surface area contributed by atoms with Gasteiger partial charge >= 0.3 is 0 Å². The number of aromatic nitrogens is 3. The Balaban J connectivity index is 1.78. The van der Waals surface area contributed by atoms with E-state index in [1.54, 1.807) is 19.2 Å². The molecule has 0 radical (unpaired) electrons. The van der Waals surface area contributed by atoms with Crippen molar-refractivity contribution in [2.75, 3.05) is 0 Å². The minimum atomic E-state index is -3.54. The zero-order valence-corrected chi connectivity index (χ0v) is 11.8. The van der Waals surface area contributed by atoms with Gasteiger partial charge in [0.05, 0.1) is 11.4 Å². The summed E-state index contributed by atoms with van der Waals surface area (Å²) < 4.78 is 28.5. The minimum Gasteiger partial charge on any atom is -0.309 e. The van der Waals surface area contributed by atoms with Gasteiger partial charge in [-0.05, 0) is 23.3 Å². The van der Waals surface area contributed by atoms with Crippen molar-refractivity contribution in [1.82, 2.24) is 24.8 Å². The van der Waals surface area contributed by atoms with E-state index in [1.807, 2.05) is 6.07 Å². The zero-order chi connectivity index (χ0) is 14.2. The van der Waals surface area contributed by atoms with Gasteiger partial charge in [-0.15, -0.1) is 0 Å². The van der Waals surface area contributed by atoms with Gasteiger partial charge in [-0.25, -0.2) is 18.1 Å². The zero-order valence-electron chi connectivity index (χ0n) is 11.0. The first kappa shape index (κ1) is 13.2. The average Bonchev–Trinajstić information content (AvgIpc) is 3.04. The van der Waals surface area contributed by atoms with Crippen LogP contribution in [0.5, 0.6) is 0 Å². The van der Waals surface area contributed by atoms with Crippen LogP contribution in [0.2, 0.25) is 0 Å². The van der Waals surface area contributed by atoms with Crippen LogP contribution in [-0.2, 0) is 36.7 Å². The number of rotatable bonds is 4. The van der Waals surface area contributed by atoms with E-state index in [-0.39, 0.29) is 11.4 Å². The van der Waals surface area contributed by atoms with E-state index >= 15 is 0 Å². The molecule has 0 aliphatic carbocycles. The fraction of sp³-hybridized carbons (Fsp3) is 0.333. The predicted molar refractivity (Wildman–Crippen MR) is 72.0 cm³/mol. The van der Waals surface area contributed by atoms with E-state index in [9.17, 15) is 8.42 Å². The molecule has 1 aromatic carbocycles. The average molecular weight is 293 g/mol. The maximum Gasteiger partial charge on any atom is 0.240 e. The number of nitrogens with zero attached hydrogens (tertiary/aromatic N) is 3. The molecule has 0 unspecified atom stereocenters. The monoisotopic (exact) mass is 293 g/mol. The van der Waals surface area contributed by atoms with Crippen LogP contribution in [0.25, 0.3) is 0 Å². The molecule has 20 heavy (non-hydrogen) atoms. The number of benzene rings is 1. The van der Waals surface area contributed by atoms with Gasteiger partial charge in [-0.3, -0.25) is 4.68 Å². The first-order chi connectivity index (χ1) is 9.54. The molecule has 1 aromatic heterocycles. The number of hydrogen-bond donors (Lipinski definition) is 2. The second-order valence-electron chi connectivity index (χ2n) is 4.69. The molecule has 1 aliphatic heterocycles. The molecule has 0 amide bonds.